The molecule has 0 fully saturated rings. The molecule has 0 N–H and O–H groups in total. The lowest BCUT2D eigenvalue weighted by Crippen LogP contribution is -2.50. The summed E-state index contributed by atoms with van der Waals surface area (Å²) < 4.78 is 10.8. The van der Waals surface area contributed by atoms with E-state index < -0.39 is 24.1 Å². The Labute approximate surface area is 199 Å². The van der Waals surface area contributed by atoms with Crippen molar-refractivity contribution in [3.8, 4) is 0 Å². The molecule has 0 bridgehead atoms. The first-order valence-electron chi connectivity index (χ1n) is 10.8. The lowest BCUT2D eigenvalue weighted by molar-refractivity contribution is -0.165. The van der Waals surface area contributed by atoms with Gasteiger partial charge in [0.1, 0.15) is 0 Å². The van der Waals surface area contributed by atoms with Gasteiger partial charge in [-0.2, -0.15) is 0 Å². The number of rotatable bonds is 11. The third-order valence-corrected chi connectivity index (χ3v) is 5.58. The molecule has 0 aromatic heterocycles. The molecule has 0 saturated carbocycles. The number of hydrogen-bond acceptors (Lipinski definition) is 6. The average molecular weight is 464 g/mol. The van der Waals surface area contributed by atoms with Crippen LogP contribution in [0.4, 0.5) is 0 Å². The van der Waals surface area contributed by atoms with Gasteiger partial charge in [-0.1, -0.05) is 91.0 Å². The molecule has 0 heterocycles. The van der Waals surface area contributed by atoms with Crippen LogP contribution < -0.4 is 0 Å². The molecule has 6 heteroatoms. The minimum Gasteiger partial charge on any atom is -0.449 e. The van der Waals surface area contributed by atoms with Crippen LogP contribution in [0.2, 0.25) is 0 Å². The lowest BCUT2D eigenvalue weighted by Gasteiger charge is -2.35. The fraction of sp³-hybridized carbons (Fsp3) is 0.259. The minimum atomic E-state index is -1.07. The van der Waals surface area contributed by atoms with E-state index in [1.165, 1.54) is 6.92 Å². The highest BCUT2D eigenvalue weighted by Gasteiger charge is 2.37. The maximum Gasteiger partial charge on any atom is 0.361 e. The zero-order chi connectivity index (χ0) is 23.5. The number of nitrogens with zero attached hydrogens (tertiary/aromatic N) is 1. The molecule has 0 spiro atoms. The molecule has 0 saturated heterocycles. The molecule has 3 aromatic carbocycles. The summed E-state index contributed by atoms with van der Waals surface area (Å²) in [5.74, 6) is -1.08. The molecule has 33 heavy (non-hydrogen) atoms. The summed E-state index contributed by atoms with van der Waals surface area (Å²) in [7, 11) is 0. The molecule has 2 atom stereocenters. The van der Waals surface area contributed by atoms with E-state index in [1.54, 1.807) is 6.26 Å². The highest BCUT2D eigenvalue weighted by atomic mass is 32.2. The van der Waals surface area contributed by atoms with Crippen LogP contribution in [0, 0.1) is 0 Å². The summed E-state index contributed by atoms with van der Waals surface area (Å²) in [4.78, 5) is 27.2. The molecule has 3 rings (SSSR count). The second kappa shape index (κ2) is 12.8. The number of ether oxygens (including phenoxy) is 1. The molecule has 0 aliphatic heterocycles. The van der Waals surface area contributed by atoms with Gasteiger partial charge < -0.3 is 8.92 Å². The van der Waals surface area contributed by atoms with Crippen LogP contribution in [-0.4, -0.2) is 35.2 Å². The van der Waals surface area contributed by atoms with Crippen LogP contribution in [0.1, 0.15) is 23.6 Å². The van der Waals surface area contributed by atoms with Crippen LogP contribution >= 0.6 is 12.0 Å². The monoisotopic (exact) mass is 463 g/mol. The molecule has 3 aromatic rings. The Hall–Kier alpha value is -3.09. The average Bonchev–Trinajstić information content (AvgIpc) is 2.83. The van der Waals surface area contributed by atoms with E-state index in [2.05, 4.69) is 29.2 Å². The topological polar surface area (TPSA) is 55.8 Å². The number of benzene rings is 3. The van der Waals surface area contributed by atoms with Gasteiger partial charge in [0.15, 0.2) is 0 Å². The van der Waals surface area contributed by atoms with Crippen molar-refractivity contribution in [1.29, 1.82) is 0 Å². The fourth-order valence-corrected chi connectivity index (χ4v) is 4.06. The Balaban J connectivity index is 2.03. The van der Waals surface area contributed by atoms with Crippen molar-refractivity contribution in [3.63, 3.8) is 0 Å². The number of hydrogen-bond donors (Lipinski definition) is 0. The Morgan fingerprint density at radius 1 is 0.788 bits per heavy atom. The van der Waals surface area contributed by atoms with E-state index in [-0.39, 0.29) is 0 Å². The van der Waals surface area contributed by atoms with E-state index in [9.17, 15) is 9.59 Å². The molecule has 0 unspecified atom stereocenters. The number of esters is 1. The van der Waals surface area contributed by atoms with Crippen molar-refractivity contribution in [2.45, 2.75) is 38.6 Å². The Morgan fingerprint density at radius 2 is 1.24 bits per heavy atom. The van der Waals surface area contributed by atoms with Crippen molar-refractivity contribution >= 4 is 24.0 Å². The fourth-order valence-electron chi connectivity index (χ4n) is 3.80. The van der Waals surface area contributed by atoms with Crippen molar-refractivity contribution in [2.75, 3.05) is 6.26 Å². The summed E-state index contributed by atoms with van der Waals surface area (Å²) in [6.07, 6.45) is 1.12. The lowest BCUT2D eigenvalue weighted by atomic mass is 9.97. The highest BCUT2D eigenvalue weighted by Crippen LogP contribution is 2.23. The maximum atomic E-state index is 13.0. The second-order valence-corrected chi connectivity index (χ2v) is 8.23. The molecule has 0 radical (unpaired) electrons. The van der Waals surface area contributed by atoms with Gasteiger partial charge in [0, 0.05) is 26.3 Å². The first-order chi connectivity index (χ1) is 16.1. The van der Waals surface area contributed by atoms with Crippen molar-refractivity contribution < 1.29 is 18.5 Å². The predicted molar refractivity (Wildman–Crippen MR) is 131 cm³/mol. The minimum absolute atomic E-state index is 0.434. The first kappa shape index (κ1) is 24.6. The molecule has 172 valence electrons. The Bertz CT molecular complexity index is 957. The largest absolute Gasteiger partial charge is 0.449 e. The SMILES string of the molecule is CSOC(=O)[C@@H](OC(C)=O)[C@H](Cc1ccccc1)N(Cc1ccccc1)Cc1ccccc1. The number of carbonyl (C=O) groups excluding carboxylic acids is 2. The summed E-state index contributed by atoms with van der Waals surface area (Å²) >= 11 is 0.949. The normalized spacial score (nSPS) is 12.7. The van der Waals surface area contributed by atoms with Gasteiger partial charge >= 0.3 is 11.9 Å². The van der Waals surface area contributed by atoms with Crippen molar-refractivity contribution in [3.05, 3.63) is 108 Å². The van der Waals surface area contributed by atoms with Gasteiger partial charge in [-0.3, -0.25) is 9.69 Å². The summed E-state index contributed by atoms with van der Waals surface area (Å²) in [5, 5.41) is 0. The van der Waals surface area contributed by atoms with Gasteiger partial charge in [-0.05, 0) is 23.1 Å². The smallest absolute Gasteiger partial charge is 0.361 e. The van der Waals surface area contributed by atoms with E-state index in [0.29, 0.717) is 19.5 Å². The quantitative estimate of drug-likeness (QED) is 0.293. The Morgan fingerprint density at radius 3 is 1.67 bits per heavy atom. The first-order valence-corrected chi connectivity index (χ1v) is 12.0. The predicted octanol–water partition coefficient (Wildman–Crippen LogP) is 5.05. The standard InChI is InChI=1S/C27H29NO4S/c1-21(29)31-26(27(30)32-33-2)25(18-22-12-6-3-7-13-22)28(19-23-14-8-4-9-15-23)20-24-16-10-5-11-17-24/h3-17,25-26H,18-20H2,1-2H3/t25-,26-/m0/s1. The zero-order valence-corrected chi connectivity index (χ0v) is 19.7. The van der Waals surface area contributed by atoms with Crippen molar-refractivity contribution in [2.24, 2.45) is 0 Å². The maximum absolute atomic E-state index is 13.0. The molecular weight excluding hydrogens is 434 g/mol. The van der Waals surface area contributed by atoms with E-state index in [4.69, 9.17) is 8.92 Å². The van der Waals surface area contributed by atoms with Gasteiger partial charge in [-0.25, -0.2) is 4.79 Å². The van der Waals surface area contributed by atoms with Gasteiger partial charge in [0.25, 0.3) is 0 Å². The van der Waals surface area contributed by atoms with Crippen LogP contribution in [0.25, 0.3) is 0 Å². The van der Waals surface area contributed by atoms with Crippen LogP contribution in [-0.2, 0) is 38.0 Å². The van der Waals surface area contributed by atoms with E-state index in [0.717, 1.165) is 28.7 Å². The van der Waals surface area contributed by atoms with Crippen LogP contribution in [0.15, 0.2) is 91.0 Å². The highest BCUT2D eigenvalue weighted by molar-refractivity contribution is 7.94. The van der Waals surface area contributed by atoms with Gasteiger partial charge in [0.05, 0.1) is 18.1 Å². The third-order valence-electron chi connectivity index (χ3n) is 5.25. The molecule has 5 nitrogen and oxygen atoms in total. The summed E-state index contributed by atoms with van der Waals surface area (Å²) in [6.45, 7) is 2.48. The van der Waals surface area contributed by atoms with Crippen molar-refractivity contribution in [1.82, 2.24) is 4.90 Å². The molecular formula is C27H29NO4S. The number of carbonyl (C=O) groups is 2. The van der Waals surface area contributed by atoms with Crippen LogP contribution in [0.3, 0.4) is 0 Å². The summed E-state index contributed by atoms with van der Waals surface area (Å²) in [5.41, 5.74) is 3.25. The zero-order valence-electron chi connectivity index (χ0n) is 18.9. The molecule has 0 amide bonds. The van der Waals surface area contributed by atoms with Crippen LogP contribution in [0.5, 0.6) is 0 Å². The molecule has 0 aliphatic rings. The summed E-state index contributed by atoms with van der Waals surface area (Å²) in [6, 6.07) is 29.6. The van der Waals surface area contributed by atoms with Gasteiger partial charge in [-0.15, -0.1) is 0 Å². The molecule has 0 aliphatic carbocycles. The van der Waals surface area contributed by atoms with E-state index in [1.807, 2.05) is 66.7 Å². The third kappa shape index (κ3) is 7.77. The second-order valence-electron chi connectivity index (χ2n) is 7.73. The van der Waals surface area contributed by atoms with Gasteiger partial charge in [0.2, 0.25) is 6.10 Å². The van der Waals surface area contributed by atoms with E-state index >= 15 is 0 Å². The Kier molecular flexibility index (Phi) is 9.54.